The molecule has 0 radical (unpaired) electrons. The Morgan fingerprint density at radius 1 is 0.917 bits per heavy atom. The minimum absolute atomic E-state index is 0.00534. The standard InChI is InChI=1S/C26H29ClN6O2S/c1-17-20(16-21-23(34)30-26(36)33(24(21)35)19-10-8-18(27)9-11-19)22(31-12-4-2-5-13-31)29-25(28-17)32-14-6-3-7-15-32/h8-11,16H,2-7,12-15H2,1H3,(H,30,34,36)/b21-16-. The van der Waals surface area contributed by atoms with Crippen LogP contribution in [0.4, 0.5) is 17.5 Å². The number of carbonyl (C=O) groups excluding carboxylic acids is 2. The minimum Gasteiger partial charge on any atom is -0.356 e. The summed E-state index contributed by atoms with van der Waals surface area (Å²) in [5.41, 5.74) is 1.96. The lowest BCUT2D eigenvalue weighted by Gasteiger charge is -2.33. The van der Waals surface area contributed by atoms with Crippen molar-refractivity contribution in [1.29, 1.82) is 0 Å². The van der Waals surface area contributed by atoms with Crippen LogP contribution >= 0.6 is 23.8 Å². The predicted octanol–water partition coefficient (Wildman–Crippen LogP) is 4.25. The van der Waals surface area contributed by atoms with Gasteiger partial charge in [0.05, 0.1) is 11.4 Å². The second-order valence-electron chi connectivity index (χ2n) is 9.38. The number of rotatable bonds is 4. The number of aryl methyl sites for hydroxylation is 1. The molecule has 2 aromatic rings. The van der Waals surface area contributed by atoms with Gasteiger partial charge in [0, 0.05) is 36.8 Å². The number of nitrogens with zero attached hydrogens (tertiary/aromatic N) is 5. The largest absolute Gasteiger partial charge is 0.356 e. The van der Waals surface area contributed by atoms with Gasteiger partial charge in [-0.1, -0.05) is 11.6 Å². The van der Waals surface area contributed by atoms with E-state index >= 15 is 0 Å². The van der Waals surface area contributed by atoms with Gasteiger partial charge < -0.3 is 9.80 Å². The van der Waals surface area contributed by atoms with E-state index in [9.17, 15) is 9.59 Å². The third-order valence-corrected chi connectivity index (χ3v) is 7.41. The van der Waals surface area contributed by atoms with Crippen molar-refractivity contribution < 1.29 is 9.59 Å². The first-order valence-electron chi connectivity index (χ1n) is 12.5. The molecule has 1 N–H and O–H groups in total. The lowest BCUT2D eigenvalue weighted by Crippen LogP contribution is -2.54. The van der Waals surface area contributed by atoms with Gasteiger partial charge in [-0.25, -0.2) is 4.98 Å². The first-order chi connectivity index (χ1) is 17.4. The summed E-state index contributed by atoms with van der Waals surface area (Å²) in [4.78, 5) is 42.2. The number of piperidine rings is 2. The van der Waals surface area contributed by atoms with Gasteiger partial charge in [-0.2, -0.15) is 4.98 Å². The van der Waals surface area contributed by atoms with Crippen LogP contribution in [0.3, 0.4) is 0 Å². The molecular weight excluding hydrogens is 496 g/mol. The van der Waals surface area contributed by atoms with Crippen molar-refractivity contribution in [3.05, 3.63) is 46.1 Å². The molecule has 0 saturated carbocycles. The highest BCUT2D eigenvalue weighted by molar-refractivity contribution is 7.80. The Bertz CT molecular complexity index is 1220. The number of nitrogens with one attached hydrogen (secondary N) is 1. The second-order valence-corrected chi connectivity index (χ2v) is 10.2. The Labute approximate surface area is 221 Å². The third kappa shape index (κ3) is 4.95. The molecule has 0 aliphatic carbocycles. The Kier molecular flexibility index (Phi) is 7.20. The molecule has 0 unspecified atom stereocenters. The first-order valence-corrected chi connectivity index (χ1v) is 13.3. The van der Waals surface area contributed by atoms with Crippen LogP contribution < -0.4 is 20.0 Å². The molecule has 1 aromatic carbocycles. The van der Waals surface area contributed by atoms with E-state index in [-0.39, 0.29) is 10.7 Å². The molecule has 5 rings (SSSR count). The SMILES string of the molecule is Cc1nc(N2CCCCC2)nc(N2CCCCC2)c1/C=C1/C(=O)NC(=S)N(c2ccc(Cl)cc2)C1=O. The van der Waals surface area contributed by atoms with Crippen molar-refractivity contribution in [1.82, 2.24) is 15.3 Å². The molecule has 0 bridgehead atoms. The Morgan fingerprint density at radius 2 is 1.53 bits per heavy atom. The fourth-order valence-electron chi connectivity index (χ4n) is 4.93. The summed E-state index contributed by atoms with van der Waals surface area (Å²) in [5.74, 6) is 0.481. The molecule has 3 aliphatic heterocycles. The first kappa shape index (κ1) is 24.6. The van der Waals surface area contributed by atoms with Crippen molar-refractivity contribution in [2.75, 3.05) is 40.9 Å². The van der Waals surface area contributed by atoms with Gasteiger partial charge in [0.1, 0.15) is 11.4 Å². The van der Waals surface area contributed by atoms with E-state index in [2.05, 4.69) is 15.1 Å². The summed E-state index contributed by atoms with van der Waals surface area (Å²) in [5, 5.41) is 3.24. The highest BCUT2D eigenvalue weighted by atomic mass is 35.5. The van der Waals surface area contributed by atoms with Crippen molar-refractivity contribution in [2.45, 2.75) is 45.4 Å². The number of anilines is 3. The van der Waals surface area contributed by atoms with Crippen molar-refractivity contribution in [2.24, 2.45) is 0 Å². The zero-order valence-corrected chi connectivity index (χ0v) is 21.9. The van der Waals surface area contributed by atoms with Gasteiger partial charge in [-0.3, -0.25) is 19.8 Å². The maximum absolute atomic E-state index is 13.6. The van der Waals surface area contributed by atoms with Gasteiger partial charge in [0.2, 0.25) is 5.95 Å². The topological polar surface area (TPSA) is 81.7 Å². The predicted molar refractivity (Wildman–Crippen MR) is 147 cm³/mol. The van der Waals surface area contributed by atoms with E-state index in [4.69, 9.17) is 33.8 Å². The molecule has 2 amide bonds. The smallest absolute Gasteiger partial charge is 0.270 e. The van der Waals surface area contributed by atoms with Crippen LogP contribution in [0.15, 0.2) is 29.8 Å². The third-order valence-electron chi connectivity index (χ3n) is 6.87. The van der Waals surface area contributed by atoms with Gasteiger partial charge in [0.15, 0.2) is 5.11 Å². The zero-order chi connectivity index (χ0) is 25.2. The summed E-state index contributed by atoms with van der Waals surface area (Å²) in [6.45, 7) is 5.56. The number of amides is 2. The fraction of sp³-hybridized carbons (Fsp3) is 0.423. The fourth-order valence-corrected chi connectivity index (χ4v) is 5.34. The quantitative estimate of drug-likeness (QED) is 0.364. The van der Waals surface area contributed by atoms with Gasteiger partial charge in [0.25, 0.3) is 11.8 Å². The Hall–Kier alpha value is -3.04. The number of thiocarbonyl (C=S) groups is 1. The monoisotopic (exact) mass is 524 g/mol. The highest BCUT2D eigenvalue weighted by Crippen LogP contribution is 2.31. The summed E-state index contributed by atoms with van der Waals surface area (Å²) in [7, 11) is 0. The number of carbonyl (C=O) groups is 2. The molecule has 36 heavy (non-hydrogen) atoms. The van der Waals surface area contributed by atoms with E-state index in [0.29, 0.717) is 16.3 Å². The highest BCUT2D eigenvalue weighted by Gasteiger charge is 2.35. The van der Waals surface area contributed by atoms with E-state index in [0.717, 1.165) is 69.3 Å². The number of hydrogen-bond acceptors (Lipinski definition) is 7. The number of aromatic nitrogens is 2. The molecule has 3 fully saturated rings. The lowest BCUT2D eigenvalue weighted by molar-refractivity contribution is -0.122. The summed E-state index contributed by atoms with van der Waals surface area (Å²) in [6, 6.07) is 6.75. The van der Waals surface area contributed by atoms with Gasteiger partial charge in [-0.15, -0.1) is 0 Å². The molecule has 8 nitrogen and oxygen atoms in total. The maximum Gasteiger partial charge on any atom is 0.270 e. The van der Waals surface area contributed by atoms with Crippen LogP contribution in [0.2, 0.25) is 5.02 Å². The molecule has 10 heteroatoms. The van der Waals surface area contributed by atoms with Crippen LogP contribution in [0, 0.1) is 6.92 Å². The summed E-state index contributed by atoms with van der Waals surface area (Å²) in [6.07, 6.45) is 8.45. The van der Waals surface area contributed by atoms with Gasteiger partial charge >= 0.3 is 0 Å². The average Bonchev–Trinajstić information content (AvgIpc) is 2.89. The normalized spacial score (nSPS) is 20.2. The molecule has 1 aromatic heterocycles. The van der Waals surface area contributed by atoms with Crippen LogP contribution in [-0.4, -0.2) is 53.1 Å². The van der Waals surface area contributed by atoms with Crippen molar-refractivity contribution >= 4 is 64.3 Å². The van der Waals surface area contributed by atoms with Crippen LogP contribution in [0.25, 0.3) is 6.08 Å². The number of hydrogen-bond donors (Lipinski definition) is 1. The Balaban J connectivity index is 1.57. The molecule has 3 aliphatic rings. The molecule has 0 atom stereocenters. The lowest BCUT2D eigenvalue weighted by atomic mass is 10.0. The second kappa shape index (κ2) is 10.5. The van der Waals surface area contributed by atoms with E-state index in [1.807, 2.05) is 6.92 Å². The molecular formula is C26H29ClN6O2S. The zero-order valence-electron chi connectivity index (χ0n) is 20.3. The van der Waals surface area contributed by atoms with E-state index in [1.54, 1.807) is 30.3 Å². The van der Waals surface area contributed by atoms with Crippen LogP contribution in [-0.2, 0) is 9.59 Å². The van der Waals surface area contributed by atoms with Crippen LogP contribution in [0.5, 0.6) is 0 Å². The summed E-state index contributed by atoms with van der Waals surface area (Å²) >= 11 is 11.4. The number of benzene rings is 1. The summed E-state index contributed by atoms with van der Waals surface area (Å²) < 4.78 is 0. The van der Waals surface area contributed by atoms with E-state index < -0.39 is 11.8 Å². The average molecular weight is 525 g/mol. The Morgan fingerprint density at radius 3 is 2.17 bits per heavy atom. The molecule has 188 valence electrons. The van der Waals surface area contributed by atoms with Crippen molar-refractivity contribution in [3.8, 4) is 0 Å². The van der Waals surface area contributed by atoms with Crippen LogP contribution in [0.1, 0.15) is 49.8 Å². The molecule has 4 heterocycles. The number of halogens is 1. The maximum atomic E-state index is 13.6. The van der Waals surface area contributed by atoms with Gasteiger partial charge in [-0.05, 0) is 88.0 Å². The molecule has 0 spiro atoms. The molecule has 3 saturated heterocycles. The minimum atomic E-state index is -0.528. The van der Waals surface area contributed by atoms with Crippen molar-refractivity contribution in [3.63, 3.8) is 0 Å². The van der Waals surface area contributed by atoms with E-state index in [1.165, 1.54) is 17.7 Å².